The lowest BCUT2D eigenvalue weighted by molar-refractivity contribution is 0.00939. The van der Waals surface area contributed by atoms with Crippen LogP contribution >= 0.6 is 0 Å². The minimum atomic E-state index is -1.39. The SMILES string of the molecule is Cc1ccc([S@](=O)C#CC(O)(C(C)C)C(C)C)cc1. The fourth-order valence-electron chi connectivity index (χ4n) is 1.80. The maximum absolute atomic E-state index is 12.1. The highest BCUT2D eigenvalue weighted by atomic mass is 32.2. The van der Waals surface area contributed by atoms with E-state index in [1.807, 2.05) is 58.9 Å². The topological polar surface area (TPSA) is 37.3 Å². The van der Waals surface area contributed by atoms with Crippen LogP contribution in [0.1, 0.15) is 33.3 Å². The second kappa shape index (κ2) is 6.36. The molecule has 1 aromatic carbocycles. The third kappa shape index (κ3) is 3.92. The Morgan fingerprint density at radius 2 is 1.58 bits per heavy atom. The van der Waals surface area contributed by atoms with Crippen LogP contribution in [0, 0.1) is 29.9 Å². The van der Waals surface area contributed by atoms with Crippen LogP contribution in [-0.2, 0) is 10.8 Å². The van der Waals surface area contributed by atoms with E-state index in [1.165, 1.54) is 0 Å². The summed E-state index contributed by atoms with van der Waals surface area (Å²) in [6.07, 6.45) is 0. The highest BCUT2D eigenvalue weighted by Gasteiger charge is 2.32. The van der Waals surface area contributed by atoms with E-state index >= 15 is 0 Å². The first-order valence-electron chi connectivity index (χ1n) is 6.51. The maximum Gasteiger partial charge on any atom is 0.131 e. The Bertz CT molecular complexity index is 496. The van der Waals surface area contributed by atoms with Gasteiger partial charge in [0.2, 0.25) is 0 Å². The van der Waals surface area contributed by atoms with Crippen LogP contribution in [0.15, 0.2) is 29.2 Å². The number of rotatable bonds is 3. The number of hydrogen-bond acceptors (Lipinski definition) is 2. The van der Waals surface area contributed by atoms with Crippen molar-refractivity contribution in [2.75, 3.05) is 0 Å². The van der Waals surface area contributed by atoms with Crippen LogP contribution in [0.3, 0.4) is 0 Å². The lowest BCUT2D eigenvalue weighted by Gasteiger charge is -2.30. The van der Waals surface area contributed by atoms with E-state index in [1.54, 1.807) is 0 Å². The van der Waals surface area contributed by atoms with Gasteiger partial charge in [-0.2, -0.15) is 0 Å². The van der Waals surface area contributed by atoms with Crippen molar-refractivity contribution in [2.45, 2.75) is 45.1 Å². The lowest BCUT2D eigenvalue weighted by atomic mass is 9.81. The van der Waals surface area contributed by atoms with E-state index in [2.05, 4.69) is 11.2 Å². The molecule has 1 atom stereocenters. The van der Waals surface area contributed by atoms with E-state index in [9.17, 15) is 9.32 Å². The first-order chi connectivity index (χ1) is 8.77. The van der Waals surface area contributed by atoms with Crippen molar-refractivity contribution in [2.24, 2.45) is 11.8 Å². The number of benzene rings is 1. The van der Waals surface area contributed by atoms with Gasteiger partial charge in [0.15, 0.2) is 0 Å². The van der Waals surface area contributed by atoms with Crippen LogP contribution in [-0.4, -0.2) is 14.9 Å². The van der Waals surface area contributed by atoms with Crippen LogP contribution in [0.2, 0.25) is 0 Å². The Labute approximate surface area is 118 Å². The Balaban J connectivity index is 2.99. The molecule has 0 aliphatic rings. The van der Waals surface area contributed by atoms with E-state index in [0.29, 0.717) is 4.90 Å². The van der Waals surface area contributed by atoms with Crippen molar-refractivity contribution in [1.82, 2.24) is 0 Å². The van der Waals surface area contributed by atoms with Gasteiger partial charge in [0.25, 0.3) is 0 Å². The Morgan fingerprint density at radius 3 is 2.00 bits per heavy atom. The Kier molecular flexibility index (Phi) is 5.34. The molecule has 0 bridgehead atoms. The van der Waals surface area contributed by atoms with E-state index in [0.717, 1.165) is 5.56 Å². The van der Waals surface area contributed by atoms with Crippen molar-refractivity contribution >= 4 is 10.8 Å². The van der Waals surface area contributed by atoms with Crippen molar-refractivity contribution in [1.29, 1.82) is 0 Å². The second-order valence-electron chi connectivity index (χ2n) is 5.44. The molecule has 0 amide bonds. The zero-order chi connectivity index (χ0) is 14.6. The standard InChI is InChI=1S/C16H22O2S/c1-12(2)16(17,13(3)4)10-11-19(18)15-8-6-14(5)7-9-15/h6-9,12-13,17H,1-5H3/t19-/m1/s1. The minimum absolute atomic E-state index is 0.00461. The normalized spacial score (nSPS) is 13.3. The van der Waals surface area contributed by atoms with Crippen LogP contribution in [0.4, 0.5) is 0 Å². The summed E-state index contributed by atoms with van der Waals surface area (Å²) >= 11 is 0. The summed E-state index contributed by atoms with van der Waals surface area (Å²) < 4.78 is 12.1. The lowest BCUT2D eigenvalue weighted by Crippen LogP contribution is -2.39. The predicted molar refractivity (Wildman–Crippen MR) is 80.0 cm³/mol. The van der Waals surface area contributed by atoms with Crippen LogP contribution in [0.25, 0.3) is 0 Å². The van der Waals surface area contributed by atoms with E-state index in [4.69, 9.17) is 0 Å². The second-order valence-corrected chi connectivity index (χ2v) is 6.66. The highest BCUT2D eigenvalue weighted by molar-refractivity contribution is 7.89. The van der Waals surface area contributed by atoms with Crippen molar-refractivity contribution in [3.05, 3.63) is 29.8 Å². The first kappa shape index (κ1) is 15.9. The van der Waals surface area contributed by atoms with Gasteiger partial charge in [-0.3, -0.25) is 0 Å². The summed E-state index contributed by atoms with van der Waals surface area (Å²) in [6, 6.07) is 7.44. The van der Waals surface area contributed by atoms with Crippen LogP contribution < -0.4 is 0 Å². The van der Waals surface area contributed by atoms with Gasteiger partial charge in [-0.25, -0.2) is 4.21 Å². The molecule has 104 valence electrons. The molecular weight excluding hydrogens is 256 g/mol. The summed E-state index contributed by atoms with van der Waals surface area (Å²) in [6.45, 7) is 9.66. The zero-order valence-corrected chi connectivity index (χ0v) is 13.0. The summed E-state index contributed by atoms with van der Waals surface area (Å²) in [5, 5.41) is 13.2. The third-order valence-electron chi connectivity index (χ3n) is 3.34. The van der Waals surface area contributed by atoms with Gasteiger partial charge < -0.3 is 5.11 Å². The van der Waals surface area contributed by atoms with Gasteiger partial charge in [0.05, 0.1) is 4.90 Å². The summed E-state index contributed by atoms with van der Waals surface area (Å²) in [5.74, 6) is 2.80. The summed E-state index contributed by atoms with van der Waals surface area (Å²) in [5.41, 5.74) is 0.0231. The molecule has 0 spiro atoms. The molecule has 0 aliphatic heterocycles. The fourth-order valence-corrected chi connectivity index (χ4v) is 2.56. The summed E-state index contributed by atoms with van der Waals surface area (Å²) in [4.78, 5) is 0.674. The van der Waals surface area contributed by atoms with Crippen LogP contribution in [0.5, 0.6) is 0 Å². The number of aliphatic hydroxyl groups is 1. The predicted octanol–water partition coefficient (Wildman–Crippen LogP) is 3.11. The maximum atomic E-state index is 12.1. The molecule has 1 aromatic rings. The molecule has 0 fully saturated rings. The molecule has 0 aliphatic carbocycles. The largest absolute Gasteiger partial charge is 0.377 e. The Hall–Kier alpha value is -1.11. The molecule has 0 saturated carbocycles. The monoisotopic (exact) mass is 278 g/mol. The Morgan fingerprint density at radius 1 is 1.11 bits per heavy atom. The first-order valence-corrected chi connectivity index (χ1v) is 7.66. The van der Waals surface area contributed by atoms with Gasteiger partial charge >= 0.3 is 0 Å². The molecule has 19 heavy (non-hydrogen) atoms. The molecule has 1 rings (SSSR count). The van der Waals surface area contributed by atoms with Gasteiger partial charge in [0.1, 0.15) is 16.4 Å². The van der Waals surface area contributed by atoms with Gasteiger partial charge in [-0.05, 0) is 30.9 Å². The van der Waals surface area contributed by atoms with Gasteiger partial charge in [0, 0.05) is 5.25 Å². The number of hydrogen-bond donors (Lipinski definition) is 1. The molecule has 3 heteroatoms. The molecule has 0 aromatic heterocycles. The van der Waals surface area contributed by atoms with E-state index in [-0.39, 0.29) is 11.8 Å². The summed E-state index contributed by atoms with van der Waals surface area (Å²) in [7, 11) is -1.39. The van der Waals surface area contributed by atoms with Crippen molar-refractivity contribution in [3.8, 4) is 11.2 Å². The molecule has 0 radical (unpaired) electrons. The fraction of sp³-hybridized carbons (Fsp3) is 0.500. The molecule has 2 nitrogen and oxygen atoms in total. The van der Waals surface area contributed by atoms with Gasteiger partial charge in [-0.1, -0.05) is 51.3 Å². The average Bonchev–Trinajstić information content (AvgIpc) is 2.35. The molecule has 0 unspecified atom stereocenters. The van der Waals surface area contributed by atoms with Crippen molar-refractivity contribution < 1.29 is 9.32 Å². The molecule has 0 heterocycles. The minimum Gasteiger partial charge on any atom is -0.377 e. The molecule has 0 saturated heterocycles. The average molecular weight is 278 g/mol. The van der Waals surface area contributed by atoms with Gasteiger partial charge in [-0.15, -0.1) is 0 Å². The molecular formula is C16H22O2S. The smallest absolute Gasteiger partial charge is 0.131 e. The molecule has 1 N–H and O–H groups in total. The highest BCUT2D eigenvalue weighted by Crippen LogP contribution is 2.25. The third-order valence-corrected chi connectivity index (χ3v) is 4.33. The van der Waals surface area contributed by atoms with Crippen molar-refractivity contribution in [3.63, 3.8) is 0 Å². The number of aryl methyl sites for hydroxylation is 1. The zero-order valence-electron chi connectivity index (χ0n) is 12.2. The quantitative estimate of drug-likeness (QED) is 0.863. The van der Waals surface area contributed by atoms with E-state index < -0.39 is 16.4 Å².